The van der Waals surface area contributed by atoms with E-state index in [0.29, 0.717) is 10.8 Å². The van der Waals surface area contributed by atoms with E-state index in [0.717, 1.165) is 56.1 Å². The Bertz CT molecular complexity index is 1210. The molecular weight excluding hydrogens is 466 g/mol. The molecule has 4 heterocycles. The fourth-order valence-corrected chi connectivity index (χ4v) is 5.56. The molecule has 2 aliphatic heterocycles. The molecule has 35 heavy (non-hydrogen) atoms. The van der Waals surface area contributed by atoms with Crippen LogP contribution in [0.25, 0.3) is 10.8 Å². The third-order valence-corrected chi connectivity index (χ3v) is 7.44. The zero-order valence-corrected chi connectivity index (χ0v) is 21.5. The Morgan fingerprint density at radius 3 is 2.71 bits per heavy atom. The minimum absolute atomic E-state index is 0.102. The van der Waals surface area contributed by atoms with Crippen LogP contribution in [0.4, 0.5) is 5.13 Å². The van der Waals surface area contributed by atoms with Gasteiger partial charge < -0.3 is 14.4 Å². The van der Waals surface area contributed by atoms with Gasteiger partial charge in [-0.2, -0.15) is 4.80 Å². The maximum atomic E-state index is 12.0. The minimum Gasteiger partial charge on any atom is -0.487 e. The summed E-state index contributed by atoms with van der Waals surface area (Å²) in [5.74, 6) is 0.993. The van der Waals surface area contributed by atoms with E-state index in [9.17, 15) is 4.79 Å². The van der Waals surface area contributed by atoms with Gasteiger partial charge in [-0.15, -0.1) is 20.4 Å². The van der Waals surface area contributed by atoms with Crippen LogP contribution < -0.4 is 9.64 Å². The van der Waals surface area contributed by atoms with Crippen molar-refractivity contribution in [3.05, 3.63) is 29.3 Å². The van der Waals surface area contributed by atoms with Gasteiger partial charge in [-0.3, -0.25) is 0 Å². The topological polar surface area (TPSA) is 108 Å². The van der Waals surface area contributed by atoms with Crippen LogP contribution in [0.2, 0.25) is 0 Å². The number of anilines is 1. The highest BCUT2D eigenvalue weighted by Gasteiger charge is 2.40. The first-order chi connectivity index (χ1) is 16.7. The number of hydrogen-bond acceptors (Lipinski definition) is 10. The third-order valence-electron chi connectivity index (χ3n) is 6.46. The number of carbonyl (C=O) groups excluding carboxylic acids is 1. The molecule has 1 saturated heterocycles. The van der Waals surface area contributed by atoms with E-state index in [-0.39, 0.29) is 12.1 Å². The lowest BCUT2D eigenvalue weighted by Gasteiger charge is -2.44. The average molecular weight is 498 g/mol. The monoisotopic (exact) mass is 497 g/mol. The number of aromatic nitrogens is 6. The van der Waals surface area contributed by atoms with Crippen LogP contribution in [-0.2, 0) is 28.9 Å². The minimum atomic E-state index is -0.563. The van der Waals surface area contributed by atoms with Crippen LogP contribution in [0.3, 0.4) is 0 Å². The quantitative estimate of drug-likeness (QED) is 0.490. The molecule has 1 fully saturated rings. The second-order valence-corrected chi connectivity index (χ2v) is 11.1. The molecule has 0 radical (unpaired) electrons. The molecule has 0 bridgehead atoms. The van der Waals surface area contributed by atoms with Crippen LogP contribution in [0.15, 0.2) is 18.2 Å². The molecule has 5 rings (SSSR count). The predicted molar refractivity (Wildman–Crippen MR) is 132 cm³/mol. The smallest absolute Gasteiger partial charge is 0.330 e. The molecule has 2 aromatic heterocycles. The van der Waals surface area contributed by atoms with Crippen molar-refractivity contribution < 1.29 is 14.3 Å². The largest absolute Gasteiger partial charge is 0.487 e. The molecule has 1 spiro atoms. The van der Waals surface area contributed by atoms with Crippen LogP contribution in [0, 0.1) is 0 Å². The number of aryl methyl sites for hydroxylation is 1. The van der Waals surface area contributed by atoms with Crippen LogP contribution in [-0.4, -0.2) is 60.7 Å². The fourth-order valence-electron chi connectivity index (χ4n) is 4.74. The third kappa shape index (κ3) is 5.14. The molecule has 0 atom stereocenters. The summed E-state index contributed by atoms with van der Waals surface area (Å²) in [6.45, 7) is 9.26. The summed E-state index contributed by atoms with van der Waals surface area (Å²) in [6, 6.07) is 6.43. The number of rotatable bonds is 5. The lowest BCUT2D eigenvalue weighted by molar-refractivity contribution is -0.156. The summed E-state index contributed by atoms with van der Waals surface area (Å²) >= 11 is 1.43. The Balaban J connectivity index is 1.20. The van der Waals surface area contributed by atoms with Gasteiger partial charge in [0.25, 0.3) is 0 Å². The number of hydrogen-bond donors (Lipinski definition) is 0. The lowest BCUT2D eigenvalue weighted by Crippen LogP contribution is -2.50. The molecule has 0 N–H and O–H groups in total. The van der Waals surface area contributed by atoms with Crippen LogP contribution in [0.1, 0.15) is 58.1 Å². The zero-order chi connectivity index (χ0) is 24.6. The van der Waals surface area contributed by atoms with Gasteiger partial charge in [0, 0.05) is 25.9 Å². The summed E-state index contributed by atoms with van der Waals surface area (Å²) < 4.78 is 11.9. The molecule has 11 heteroatoms. The fraction of sp³-hybridized carbons (Fsp3) is 0.583. The number of carbonyl (C=O) groups is 1. The van der Waals surface area contributed by atoms with Gasteiger partial charge in [-0.25, -0.2) is 4.79 Å². The average Bonchev–Trinajstić information content (AvgIpc) is 3.47. The number of tetrazole rings is 1. The predicted octanol–water partition coefficient (Wildman–Crippen LogP) is 3.46. The van der Waals surface area contributed by atoms with Crippen molar-refractivity contribution in [3.63, 3.8) is 0 Å². The highest BCUT2D eigenvalue weighted by Crippen LogP contribution is 2.41. The van der Waals surface area contributed by atoms with Crippen molar-refractivity contribution in [2.75, 3.05) is 18.0 Å². The van der Waals surface area contributed by atoms with E-state index in [4.69, 9.17) is 9.47 Å². The maximum Gasteiger partial charge on any atom is 0.330 e. The normalized spacial score (nSPS) is 17.2. The van der Waals surface area contributed by atoms with E-state index in [1.54, 1.807) is 0 Å². The number of piperidine rings is 1. The lowest BCUT2D eigenvalue weighted by atomic mass is 9.82. The molecule has 10 nitrogen and oxygen atoms in total. The Morgan fingerprint density at radius 1 is 1.17 bits per heavy atom. The van der Waals surface area contributed by atoms with E-state index in [1.165, 1.54) is 27.3 Å². The highest BCUT2D eigenvalue weighted by molar-refractivity contribution is 7.18. The van der Waals surface area contributed by atoms with Gasteiger partial charge in [0.2, 0.25) is 11.0 Å². The molecule has 0 amide bonds. The Morgan fingerprint density at radius 2 is 1.97 bits per heavy atom. The molecule has 3 aromatic rings. The van der Waals surface area contributed by atoms with Gasteiger partial charge in [-0.05, 0) is 62.4 Å². The van der Waals surface area contributed by atoms with Crippen LogP contribution in [0.5, 0.6) is 5.75 Å². The van der Waals surface area contributed by atoms with E-state index < -0.39 is 11.6 Å². The summed E-state index contributed by atoms with van der Waals surface area (Å²) in [6.07, 6.45) is 5.06. The molecule has 1 aromatic carbocycles. The van der Waals surface area contributed by atoms with Crippen molar-refractivity contribution in [2.24, 2.45) is 0 Å². The first-order valence-corrected chi connectivity index (χ1v) is 12.9. The SMILES string of the molecule is CCc1cccc2c1CCC1(CCN(c3nnc(-c4nnn(CC(=O)OC(C)(C)C)n4)s3)CC1)O2. The van der Waals surface area contributed by atoms with Gasteiger partial charge in [0.05, 0.1) is 0 Å². The first kappa shape index (κ1) is 23.7. The Hall–Kier alpha value is -3.08. The van der Waals surface area contributed by atoms with Crippen molar-refractivity contribution in [3.8, 4) is 16.6 Å². The summed E-state index contributed by atoms with van der Waals surface area (Å²) in [5, 5.41) is 22.3. The van der Waals surface area contributed by atoms with Crippen molar-refractivity contribution in [2.45, 2.75) is 77.5 Å². The molecule has 2 aliphatic rings. The number of ether oxygens (including phenoxy) is 2. The molecule has 186 valence electrons. The second-order valence-electron chi connectivity index (χ2n) is 10.1. The standard InChI is InChI=1S/C24H31N7O3S/c1-5-16-7-6-8-18-17(16)9-10-24(33-18)11-13-30(14-12-24)22-27-26-21(35-22)20-25-29-31(28-20)15-19(32)34-23(2,3)4/h6-8H,5,9-15H2,1-4H3. The van der Waals surface area contributed by atoms with Gasteiger partial charge >= 0.3 is 5.97 Å². The van der Waals surface area contributed by atoms with Gasteiger partial charge in [0.1, 0.15) is 17.0 Å². The molecule has 0 aliphatic carbocycles. The van der Waals surface area contributed by atoms with E-state index in [2.05, 4.69) is 55.6 Å². The summed E-state index contributed by atoms with van der Waals surface area (Å²) in [4.78, 5) is 15.5. The van der Waals surface area contributed by atoms with Crippen molar-refractivity contribution in [1.82, 2.24) is 30.4 Å². The Labute approximate surface area is 208 Å². The van der Waals surface area contributed by atoms with Crippen LogP contribution >= 0.6 is 11.3 Å². The number of benzene rings is 1. The second kappa shape index (κ2) is 9.18. The van der Waals surface area contributed by atoms with Gasteiger partial charge in [0.15, 0.2) is 11.6 Å². The molecule has 0 unspecified atom stereocenters. The van der Waals surface area contributed by atoms with E-state index in [1.807, 2.05) is 20.8 Å². The Kier molecular flexibility index (Phi) is 6.20. The molecule has 0 saturated carbocycles. The number of esters is 1. The first-order valence-electron chi connectivity index (χ1n) is 12.1. The van der Waals surface area contributed by atoms with Gasteiger partial charge in [-0.1, -0.05) is 30.4 Å². The van der Waals surface area contributed by atoms with Crippen molar-refractivity contribution >= 4 is 22.4 Å². The number of fused-ring (bicyclic) bond motifs is 1. The summed E-state index contributed by atoms with van der Waals surface area (Å²) in [7, 11) is 0. The van der Waals surface area contributed by atoms with E-state index >= 15 is 0 Å². The summed E-state index contributed by atoms with van der Waals surface area (Å²) in [5.41, 5.74) is 2.11. The highest BCUT2D eigenvalue weighted by atomic mass is 32.1. The zero-order valence-electron chi connectivity index (χ0n) is 20.7. The van der Waals surface area contributed by atoms with Crippen molar-refractivity contribution in [1.29, 1.82) is 0 Å². The maximum absolute atomic E-state index is 12.0. The molecular formula is C24H31N7O3S. The number of nitrogens with zero attached hydrogens (tertiary/aromatic N) is 7.